The molecule has 0 amide bonds. The van der Waals surface area contributed by atoms with Gasteiger partial charge in [-0.2, -0.15) is 11.8 Å². The number of hydrogen-bond acceptors (Lipinski definition) is 7. The maximum atomic E-state index is 5.58. The molecule has 0 aliphatic rings. The third-order valence-corrected chi connectivity index (χ3v) is 3.40. The van der Waals surface area contributed by atoms with Gasteiger partial charge in [0.05, 0.1) is 13.2 Å². The lowest BCUT2D eigenvalue weighted by molar-refractivity contribution is 0.198. The zero-order chi connectivity index (χ0) is 13.4. The van der Waals surface area contributed by atoms with E-state index in [4.69, 9.17) is 9.15 Å². The highest BCUT2D eigenvalue weighted by Crippen LogP contribution is 2.15. The first-order valence-electron chi connectivity index (χ1n) is 5.92. The van der Waals surface area contributed by atoms with E-state index in [2.05, 4.69) is 28.7 Å². The molecule has 0 aliphatic carbocycles. The van der Waals surface area contributed by atoms with Crippen molar-refractivity contribution in [3.8, 4) is 0 Å². The van der Waals surface area contributed by atoms with E-state index in [1.807, 2.05) is 11.9 Å². The average molecular weight is 274 g/mol. The van der Waals surface area contributed by atoms with Crippen molar-refractivity contribution in [3.05, 3.63) is 5.89 Å². The molecule has 0 fully saturated rings. The monoisotopic (exact) mass is 274 g/mol. The van der Waals surface area contributed by atoms with E-state index in [-0.39, 0.29) is 0 Å². The molecule has 1 heterocycles. The Labute approximate surface area is 112 Å². The molecule has 1 N–H and O–H groups in total. The van der Waals surface area contributed by atoms with Crippen LogP contribution in [0.15, 0.2) is 4.42 Å². The van der Waals surface area contributed by atoms with E-state index in [9.17, 15) is 0 Å². The molecule has 1 unspecified atom stereocenters. The summed E-state index contributed by atoms with van der Waals surface area (Å²) >= 11 is 1.80. The predicted molar refractivity (Wildman–Crippen MR) is 74.1 cm³/mol. The predicted octanol–water partition coefficient (Wildman–Crippen LogP) is 0.993. The van der Waals surface area contributed by atoms with Crippen LogP contribution in [0.2, 0.25) is 0 Å². The topological polar surface area (TPSA) is 63.4 Å². The molecular formula is C11H22N4O2S. The van der Waals surface area contributed by atoms with E-state index in [0.717, 1.165) is 12.3 Å². The number of rotatable bonds is 9. The molecule has 1 aromatic heterocycles. The maximum Gasteiger partial charge on any atom is 0.318 e. The lowest BCUT2D eigenvalue weighted by Crippen LogP contribution is -2.31. The molecule has 6 nitrogen and oxygen atoms in total. The van der Waals surface area contributed by atoms with Gasteiger partial charge in [0.15, 0.2) is 0 Å². The van der Waals surface area contributed by atoms with Crippen molar-refractivity contribution in [2.24, 2.45) is 0 Å². The highest BCUT2D eigenvalue weighted by Gasteiger charge is 2.15. The fourth-order valence-corrected chi connectivity index (χ4v) is 2.08. The fraction of sp³-hybridized carbons (Fsp3) is 0.818. The maximum absolute atomic E-state index is 5.58. The van der Waals surface area contributed by atoms with Crippen LogP contribution in [0.3, 0.4) is 0 Å². The average Bonchev–Trinajstić information content (AvgIpc) is 2.83. The third kappa shape index (κ3) is 4.83. The Hall–Kier alpha value is -0.790. The third-order valence-electron chi connectivity index (χ3n) is 2.59. The second-order valence-electron chi connectivity index (χ2n) is 4.06. The van der Waals surface area contributed by atoms with Gasteiger partial charge in [-0.1, -0.05) is 5.10 Å². The first-order chi connectivity index (χ1) is 8.69. The zero-order valence-electron chi connectivity index (χ0n) is 11.5. The number of hydrogen-bond donors (Lipinski definition) is 1. The van der Waals surface area contributed by atoms with Crippen molar-refractivity contribution >= 4 is 17.8 Å². The van der Waals surface area contributed by atoms with Gasteiger partial charge in [-0.15, -0.1) is 5.10 Å². The summed E-state index contributed by atoms with van der Waals surface area (Å²) in [4.78, 5) is 2.00. The highest BCUT2D eigenvalue weighted by molar-refractivity contribution is 7.98. The minimum Gasteiger partial charge on any atom is -0.407 e. The Morgan fingerprint density at radius 3 is 2.94 bits per heavy atom. The van der Waals surface area contributed by atoms with E-state index in [0.29, 0.717) is 31.1 Å². The van der Waals surface area contributed by atoms with E-state index >= 15 is 0 Å². The second kappa shape index (κ2) is 8.34. The van der Waals surface area contributed by atoms with Gasteiger partial charge in [0, 0.05) is 32.5 Å². The summed E-state index contributed by atoms with van der Waals surface area (Å²) in [5.74, 6) is 1.63. The van der Waals surface area contributed by atoms with Gasteiger partial charge in [-0.05, 0) is 13.2 Å². The van der Waals surface area contributed by atoms with Crippen LogP contribution in [0.25, 0.3) is 0 Å². The van der Waals surface area contributed by atoms with Gasteiger partial charge in [0.1, 0.15) is 0 Å². The number of nitrogens with zero attached hydrogens (tertiary/aromatic N) is 3. The smallest absolute Gasteiger partial charge is 0.318 e. The van der Waals surface area contributed by atoms with Crippen molar-refractivity contribution in [1.29, 1.82) is 0 Å². The molecule has 1 rings (SSSR count). The molecule has 0 spiro atoms. The standard InChI is InChI=1S/C11H22N4O2S/c1-9(8-18-4)15(2)11-14-13-10(17-11)7-12-5-6-16-3/h9,12H,5-8H2,1-4H3. The first kappa shape index (κ1) is 15.3. The van der Waals surface area contributed by atoms with Crippen LogP contribution in [0.5, 0.6) is 0 Å². The summed E-state index contributed by atoms with van der Waals surface area (Å²) in [6.07, 6.45) is 2.09. The molecule has 0 saturated heterocycles. The van der Waals surface area contributed by atoms with Crippen molar-refractivity contribution in [1.82, 2.24) is 15.5 Å². The van der Waals surface area contributed by atoms with Crippen LogP contribution in [0, 0.1) is 0 Å². The minimum absolute atomic E-state index is 0.370. The molecule has 0 aliphatic heterocycles. The molecule has 0 saturated carbocycles. The number of ether oxygens (including phenoxy) is 1. The number of aromatic nitrogens is 2. The van der Waals surface area contributed by atoms with Gasteiger partial charge in [0.2, 0.25) is 5.89 Å². The van der Waals surface area contributed by atoms with Gasteiger partial charge in [-0.3, -0.25) is 0 Å². The SMILES string of the molecule is COCCNCc1nnc(N(C)C(C)CSC)o1. The van der Waals surface area contributed by atoms with Crippen LogP contribution in [-0.2, 0) is 11.3 Å². The van der Waals surface area contributed by atoms with Crippen molar-refractivity contribution in [2.45, 2.75) is 19.5 Å². The van der Waals surface area contributed by atoms with Gasteiger partial charge in [0.25, 0.3) is 0 Å². The fourth-order valence-electron chi connectivity index (χ4n) is 1.37. The summed E-state index contributed by atoms with van der Waals surface area (Å²) < 4.78 is 10.5. The summed E-state index contributed by atoms with van der Waals surface area (Å²) in [5.41, 5.74) is 0. The van der Waals surface area contributed by atoms with Crippen molar-refractivity contribution in [2.75, 3.05) is 44.2 Å². The van der Waals surface area contributed by atoms with Crippen LogP contribution in [0.4, 0.5) is 6.01 Å². The van der Waals surface area contributed by atoms with Crippen LogP contribution >= 0.6 is 11.8 Å². The van der Waals surface area contributed by atoms with Crippen LogP contribution in [-0.4, -0.2) is 55.6 Å². The number of anilines is 1. The summed E-state index contributed by atoms with van der Waals surface area (Å²) in [5, 5.41) is 11.2. The molecule has 18 heavy (non-hydrogen) atoms. The van der Waals surface area contributed by atoms with Crippen molar-refractivity contribution in [3.63, 3.8) is 0 Å². The molecule has 1 atom stereocenters. The molecule has 0 radical (unpaired) electrons. The van der Waals surface area contributed by atoms with Crippen LogP contribution < -0.4 is 10.2 Å². The summed E-state index contributed by atoms with van der Waals surface area (Å²) in [6.45, 7) is 4.15. The van der Waals surface area contributed by atoms with E-state index in [1.165, 1.54) is 0 Å². The molecule has 1 aromatic rings. The Morgan fingerprint density at radius 1 is 1.50 bits per heavy atom. The van der Waals surface area contributed by atoms with Gasteiger partial charge >= 0.3 is 6.01 Å². The second-order valence-corrected chi connectivity index (χ2v) is 4.97. The first-order valence-corrected chi connectivity index (χ1v) is 7.32. The molecule has 7 heteroatoms. The largest absolute Gasteiger partial charge is 0.407 e. The summed E-state index contributed by atoms with van der Waals surface area (Å²) in [6, 6.07) is 0.940. The summed E-state index contributed by atoms with van der Waals surface area (Å²) in [7, 11) is 3.64. The van der Waals surface area contributed by atoms with E-state index < -0.39 is 0 Å². The van der Waals surface area contributed by atoms with Crippen molar-refractivity contribution < 1.29 is 9.15 Å². The Morgan fingerprint density at radius 2 is 2.28 bits per heavy atom. The van der Waals surface area contributed by atoms with Gasteiger partial charge in [-0.25, -0.2) is 0 Å². The van der Waals surface area contributed by atoms with Crippen LogP contribution in [0.1, 0.15) is 12.8 Å². The molecular weight excluding hydrogens is 252 g/mol. The highest BCUT2D eigenvalue weighted by atomic mass is 32.2. The molecule has 104 valence electrons. The lowest BCUT2D eigenvalue weighted by atomic mass is 10.4. The van der Waals surface area contributed by atoms with E-state index in [1.54, 1.807) is 18.9 Å². The molecule has 0 bridgehead atoms. The normalized spacial score (nSPS) is 12.7. The Kier molecular flexibility index (Phi) is 7.07. The molecule has 0 aromatic carbocycles. The number of nitrogens with one attached hydrogen (secondary N) is 1. The number of methoxy groups -OCH3 is 1. The van der Waals surface area contributed by atoms with Gasteiger partial charge < -0.3 is 19.4 Å². The Bertz CT molecular complexity index is 335. The lowest BCUT2D eigenvalue weighted by Gasteiger charge is -2.21. The Balaban J connectivity index is 2.41. The quantitative estimate of drug-likeness (QED) is 0.674. The minimum atomic E-state index is 0.370. The number of thioether (sulfide) groups is 1. The zero-order valence-corrected chi connectivity index (χ0v) is 12.3.